The van der Waals surface area contributed by atoms with Gasteiger partial charge >= 0.3 is 0 Å². The highest BCUT2D eigenvalue weighted by Gasteiger charge is 2.24. The third kappa shape index (κ3) is 5.04. The van der Waals surface area contributed by atoms with Crippen LogP contribution < -0.4 is 16.0 Å². The standard InChI is InChI=1S/C28H26N4O4/c1-32-10-9-18-5-7-23(13-22(18)16-32)30-27(35)19-4-2-3-17(11-19)15-29-26(34)20-6-8-24-21(12-20)14-25(33)28(36)31-24/h2-8,11-13H,9-10,14-16H2,1H3,(H,29,34)(H,30,35)(H,31,36). The van der Waals surface area contributed by atoms with Gasteiger partial charge in [-0.15, -0.1) is 0 Å². The summed E-state index contributed by atoms with van der Waals surface area (Å²) in [5.41, 5.74) is 6.13. The Hall–Kier alpha value is -4.30. The van der Waals surface area contributed by atoms with E-state index in [0.717, 1.165) is 30.8 Å². The van der Waals surface area contributed by atoms with Crippen molar-refractivity contribution in [3.8, 4) is 0 Å². The zero-order valence-corrected chi connectivity index (χ0v) is 19.9. The van der Waals surface area contributed by atoms with Gasteiger partial charge in [-0.1, -0.05) is 18.2 Å². The van der Waals surface area contributed by atoms with Crippen molar-refractivity contribution in [1.82, 2.24) is 10.2 Å². The molecule has 3 amide bonds. The zero-order chi connectivity index (χ0) is 25.2. The normalized spacial score (nSPS) is 14.9. The fraction of sp³-hybridized carbons (Fsp3) is 0.214. The van der Waals surface area contributed by atoms with Crippen molar-refractivity contribution in [2.45, 2.75) is 25.9 Å². The van der Waals surface area contributed by atoms with E-state index in [4.69, 9.17) is 0 Å². The van der Waals surface area contributed by atoms with Crippen LogP contribution in [-0.2, 0) is 35.5 Å². The summed E-state index contributed by atoms with van der Waals surface area (Å²) in [6.45, 7) is 2.13. The number of fused-ring (bicyclic) bond motifs is 2. The first-order valence-corrected chi connectivity index (χ1v) is 11.8. The Morgan fingerprint density at radius 2 is 1.75 bits per heavy atom. The molecule has 36 heavy (non-hydrogen) atoms. The number of benzene rings is 3. The second kappa shape index (κ2) is 9.75. The van der Waals surface area contributed by atoms with Crippen molar-refractivity contribution in [2.75, 3.05) is 24.2 Å². The predicted octanol–water partition coefficient (Wildman–Crippen LogP) is 2.92. The number of hydrogen-bond donors (Lipinski definition) is 3. The molecule has 0 bridgehead atoms. The summed E-state index contributed by atoms with van der Waals surface area (Å²) in [5, 5.41) is 8.35. The topological polar surface area (TPSA) is 108 Å². The molecule has 3 aromatic carbocycles. The van der Waals surface area contributed by atoms with E-state index in [1.807, 2.05) is 18.2 Å². The lowest BCUT2D eigenvalue weighted by molar-refractivity contribution is -0.134. The molecule has 2 aliphatic rings. The van der Waals surface area contributed by atoms with Gasteiger partial charge in [0.1, 0.15) is 0 Å². The zero-order valence-electron chi connectivity index (χ0n) is 19.9. The number of carbonyl (C=O) groups is 4. The first-order chi connectivity index (χ1) is 17.4. The lowest BCUT2D eigenvalue weighted by Gasteiger charge is -2.25. The summed E-state index contributed by atoms with van der Waals surface area (Å²) in [5.74, 6) is -1.69. The quantitative estimate of drug-likeness (QED) is 0.485. The molecule has 0 saturated carbocycles. The van der Waals surface area contributed by atoms with E-state index in [0.29, 0.717) is 22.4 Å². The number of rotatable bonds is 5. The van der Waals surface area contributed by atoms with Crippen LogP contribution in [0, 0.1) is 0 Å². The van der Waals surface area contributed by atoms with Crippen LogP contribution in [0.25, 0.3) is 0 Å². The largest absolute Gasteiger partial charge is 0.348 e. The number of nitrogens with zero attached hydrogens (tertiary/aromatic N) is 1. The Morgan fingerprint density at radius 1 is 0.917 bits per heavy atom. The Kier molecular flexibility index (Phi) is 6.35. The molecule has 0 fully saturated rings. The molecule has 0 spiro atoms. The second-order valence-electron chi connectivity index (χ2n) is 9.23. The van der Waals surface area contributed by atoms with Gasteiger partial charge < -0.3 is 20.9 Å². The Labute approximate surface area is 208 Å². The van der Waals surface area contributed by atoms with Crippen molar-refractivity contribution >= 4 is 34.9 Å². The summed E-state index contributed by atoms with van der Waals surface area (Å²) >= 11 is 0. The minimum atomic E-state index is -0.636. The Bertz CT molecular complexity index is 1400. The molecule has 0 saturated heterocycles. The van der Waals surface area contributed by atoms with Gasteiger partial charge in [0.15, 0.2) is 0 Å². The van der Waals surface area contributed by atoms with Crippen LogP contribution in [0.4, 0.5) is 11.4 Å². The summed E-state index contributed by atoms with van der Waals surface area (Å²) in [6, 6.07) is 18.0. The molecule has 8 nitrogen and oxygen atoms in total. The fourth-order valence-electron chi connectivity index (χ4n) is 4.53. The monoisotopic (exact) mass is 482 g/mol. The average Bonchev–Trinajstić information content (AvgIpc) is 2.87. The van der Waals surface area contributed by atoms with Gasteiger partial charge in [-0.2, -0.15) is 0 Å². The number of Topliss-reactive ketones (excluding diaryl/α,β-unsaturated/α-hetero) is 1. The summed E-state index contributed by atoms with van der Waals surface area (Å²) in [4.78, 5) is 51.0. The van der Waals surface area contributed by atoms with E-state index in [1.165, 1.54) is 11.1 Å². The maximum atomic E-state index is 12.9. The van der Waals surface area contributed by atoms with Crippen molar-refractivity contribution in [3.05, 3.63) is 94.0 Å². The highest BCUT2D eigenvalue weighted by molar-refractivity contribution is 6.42. The maximum absolute atomic E-state index is 12.9. The summed E-state index contributed by atoms with van der Waals surface area (Å²) in [7, 11) is 2.09. The van der Waals surface area contributed by atoms with E-state index in [9.17, 15) is 19.2 Å². The SMILES string of the molecule is CN1CCc2ccc(NC(=O)c3cccc(CNC(=O)c4ccc5c(c4)CC(=O)C(=O)N5)c3)cc2C1. The maximum Gasteiger partial charge on any atom is 0.292 e. The molecule has 2 aliphatic heterocycles. The highest BCUT2D eigenvalue weighted by Crippen LogP contribution is 2.23. The van der Waals surface area contributed by atoms with Crippen LogP contribution in [0.1, 0.15) is 43.0 Å². The van der Waals surface area contributed by atoms with Gasteiger partial charge in [0.25, 0.3) is 17.7 Å². The van der Waals surface area contributed by atoms with Crippen molar-refractivity contribution in [3.63, 3.8) is 0 Å². The van der Waals surface area contributed by atoms with Gasteiger partial charge in [-0.05, 0) is 78.2 Å². The third-order valence-electron chi connectivity index (χ3n) is 6.53. The Morgan fingerprint density at radius 3 is 2.61 bits per heavy atom. The van der Waals surface area contributed by atoms with Crippen molar-refractivity contribution in [2.24, 2.45) is 0 Å². The minimum Gasteiger partial charge on any atom is -0.348 e. The van der Waals surface area contributed by atoms with Gasteiger partial charge in [0.05, 0.1) is 0 Å². The molecule has 182 valence electrons. The molecule has 0 aliphatic carbocycles. The molecule has 5 rings (SSSR count). The summed E-state index contributed by atoms with van der Waals surface area (Å²) < 4.78 is 0. The van der Waals surface area contributed by atoms with E-state index in [2.05, 4.69) is 34.0 Å². The van der Waals surface area contributed by atoms with Crippen LogP contribution in [0.2, 0.25) is 0 Å². The molecule has 3 aromatic rings. The van der Waals surface area contributed by atoms with E-state index >= 15 is 0 Å². The first-order valence-electron chi connectivity index (χ1n) is 11.8. The fourth-order valence-corrected chi connectivity index (χ4v) is 4.53. The highest BCUT2D eigenvalue weighted by atomic mass is 16.2. The molecule has 2 heterocycles. The van der Waals surface area contributed by atoms with Gasteiger partial charge in [-0.3, -0.25) is 19.2 Å². The number of carbonyl (C=O) groups excluding carboxylic acids is 4. The third-order valence-corrected chi connectivity index (χ3v) is 6.53. The molecule has 0 unspecified atom stereocenters. The average molecular weight is 483 g/mol. The number of likely N-dealkylation sites (N-methyl/N-ethyl adjacent to an activating group) is 1. The number of ketones is 1. The molecule has 8 heteroatoms. The lowest BCUT2D eigenvalue weighted by atomic mass is 9.99. The number of hydrogen-bond acceptors (Lipinski definition) is 5. The predicted molar refractivity (Wildman–Crippen MR) is 136 cm³/mol. The van der Waals surface area contributed by atoms with Crippen LogP contribution in [0.15, 0.2) is 60.7 Å². The van der Waals surface area contributed by atoms with Crippen LogP contribution in [0.5, 0.6) is 0 Å². The van der Waals surface area contributed by atoms with Crippen LogP contribution in [-0.4, -0.2) is 42.0 Å². The van der Waals surface area contributed by atoms with E-state index in [1.54, 1.807) is 36.4 Å². The van der Waals surface area contributed by atoms with Gasteiger partial charge in [-0.25, -0.2) is 0 Å². The molecule has 3 N–H and O–H groups in total. The second-order valence-corrected chi connectivity index (χ2v) is 9.23. The first kappa shape index (κ1) is 23.4. The molecule has 0 aromatic heterocycles. The van der Waals surface area contributed by atoms with Crippen LogP contribution in [0.3, 0.4) is 0 Å². The Balaban J connectivity index is 1.22. The minimum absolute atomic E-state index is 0.0274. The molecular formula is C28H26N4O4. The van der Waals surface area contributed by atoms with Gasteiger partial charge in [0.2, 0.25) is 5.78 Å². The van der Waals surface area contributed by atoms with E-state index in [-0.39, 0.29) is 24.8 Å². The molecular weight excluding hydrogens is 456 g/mol. The van der Waals surface area contributed by atoms with E-state index < -0.39 is 11.7 Å². The smallest absolute Gasteiger partial charge is 0.292 e. The number of nitrogens with one attached hydrogen (secondary N) is 3. The van der Waals surface area contributed by atoms with Gasteiger partial charge in [0, 0.05) is 48.6 Å². The van der Waals surface area contributed by atoms with Crippen molar-refractivity contribution < 1.29 is 19.2 Å². The number of anilines is 2. The summed E-state index contributed by atoms with van der Waals surface area (Å²) in [6.07, 6.45) is 0.980. The molecule has 0 atom stereocenters. The van der Waals surface area contributed by atoms with Crippen molar-refractivity contribution in [1.29, 1.82) is 0 Å². The lowest BCUT2D eigenvalue weighted by Crippen LogP contribution is -2.30. The number of amides is 3. The van der Waals surface area contributed by atoms with Crippen LogP contribution >= 0.6 is 0 Å². The molecule has 0 radical (unpaired) electrons.